The van der Waals surface area contributed by atoms with Crippen LogP contribution < -0.4 is 9.47 Å². The lowest BCUT2D eigenvalue weighted by molar-refractivity contribution is -0.149. The summed E-state index contributed by atoms with van der Waals surface area (Å²) in [5, 5.41) is 0. The molecule has 1 saturated carbocycles. The van der Waals surface area contributed by atoms with Crippen LogP contribution in [0.1, 0.15) is 12.8 Å². The van der Waals surface area contributed by atoms with Gasteiger partial charge in [0.05, 0.1) is 11.8 Å². The summed E-state index contributed by atoms with van der Waals surface area (Å²) in [4.78, 5) is 25.1. The van der Waals surface area contributed by atoms with E-state index in [0.717, 1.165) is 0 Å². The van der Waals surface area contributed by atoms with Crippen LogP contribution in [-0.2, 0) is 9.59 Å². The van der Waals surface area contributed by atoms with E-state index >= 15 is 0 Å². The maximum absolute atomic E-state index is 13.9. The number of ether oxygens (including phenoxy) is 2. The quantitative estimate of drug-likeness (QED) is 0.231. The predicted octanol–water partition coefficient (Wildman–Crippen LogP) is 4.57. The van der Waals surface area contributed by atoms with Gasteiger partial charge in [0.2, 0.25) is 34.8 Å². The van der Waals surface area contributed by atoms with Crippen molar-refractivity contribution in [2.45, 2.75) is 12.8 Å². The Bertz CT molecular complexity index is 935. The fourth-order valence-corrected chi connectivity index (χ4v) is 3.30. The monoisotopic (exact) mass is 426 g/mol. The Labute approximate surface area is 168 Å². The average molecular weight is 426 g/mol. The lowest BCUT2D eigenvalue weighted by atomic mass is 9.88. The van der Waals surface area contributed by atoms with Gasteiger partial charge in [-0.15, -0.1) is 0 Å². The van der Waals surface area contributed by atoms with Crippen LogP contribution in [0, 0.1) is 60.2 Å². The Morgan fingerprint density at radius 2 is 1.43 bits per heavy atom. The van der Waals surface area contributed by atoms with Crippen molar-refractivity contribution in [3.8, 4) is 11.5 Å². The largest absolute Gasteiger partial charge is 0.426 e. The van der Waals surface area contributed by atoms with E-state index < -0.39 is 64.5 Å². The van der Waals surface area contributed by atoms with Crippen LogP contribution in [0.2, 0.25) is 0 Å². The van der Waals surface area contributed by atoms with Gasteiger partial charge in [0.15, 0.2) is 0 Å². The van der Waals surface area contributed by atoms with E-state index in [4.69, 9.17) is 4.74 Å². The summed E-state index contributed by atoms with van der Waals surface area (Å²) in [6.07, 6.45) is 1.88. The first-order chi connectivity index (χ1) is 14.3. The first kappa shape index (κ1) is 21.7. The summed E-state index contributed by atoms with van der Waals surface area (Å²) in [5.74, 6) is -18.1. The van der Waals surface area contributed by atoms with Gasteiger partial charge < -0.3 is 9.47 Å². The molecule has 1 aliphatic carbocycles. The number of rotatable bonds is 5. The molecule has 0 amide bonds. The van der Waals surface area contributed by atoms with Crippen LogP contribution in [0.4, 0.5) is 22.0 Å². The zero-order chi connectivity index (χ0) is 22.0. The van der Waals surface area contributed by atoms with Crippen molar-refractivity contribution in [2.75, 3.05) is 0 Å². The molecule has 0 aromatic heterocycles. The highest BCUT2D eigenvalue weighted by molar-refractivity contribution is 5.86. The Morgan fingerprint density at radius 1 is 0.867 bits per heavy atom. The van der Waals surface area contributed by atoms with Crippen molar-refractivity contribution in [3.05, 3.63) is 72.8 Å². The number of hydrogen-bond acceptors (Lipinski definition) is 4. The highest BCUT2D eigenvalue weighted by Gasteiger charge is 2.47. The molecule has 0 saturated heterocycles. The molecule has 30 heavy (non-hydrogen) atoms. The first-order valence-corrected chi connectivity index (χ1v) is 8.88. The maximum atomic E-state index is 13.9. The molecule has 158 valence electrons. The maximum Gasteiger partial charge on any atom is 0.315 e. The van der Waals surface area contributed by atoms with Gasteiger partial charge in [-0.2, -0.15) is 8.78 Å². The second kappa shape index (κ2) is 8.81. The van der Waals surface area contributed by atoms with Crippen LogP contribution in [0.25, 0.3) is 0 Å². The summed E-state index contributed by atoms with van der Waals surface area (Å²) in [6, 6.07) is 7.95. The number of benzene rings is 2. The smallest absolute Gasteiger partial charge is 0.315 e. The minimum atomic E-state index is -2.38. The molecule has 3 rings (SSSR count). The SMILES string of the molecule is [CH2]CC1C[CH]C(C(=O)Oc2ccccc2)C1C(=O)Oc1c(F)c(F)c(F)c(F)c1F. The number of esters is 2. The molecule has 4 nitrogen and oxygen atoms in total. The lowest BCUT2D eigenvalue weighted by Crippen LogP contribution is -2.35. The fourth-order valence-electron chi connectivity index (χ4n) is 3.30. The Balaban J connectivity index is 1.86. The van der Waals surface area contributed by atoms with Crippen molar-refractivity contribution in [1.82, 2.24) is 0 Å². The van der Waals surface area contributed by atoms with Crippen molar-refractivity contribution < 1.29 is 41.0 Å². The zero-order valence-corrected chi connectivity index (χ0v) is 15.3. The van der Waals surface area contributed by atoms with Gasteiger partial charge in [-0.1, -0.05) is 25.1 Å². The van der Waals surface area contributed by atoms with E-state index in [-0.39, 0.29) is 18.6 Å². The standard InChI is InChI=1S/C21H15F5O4/c1-2-10-8-9-12(20(27)29-11-6-4-3-5-7-11)13(10)21(28)30-19-17(25)15(23)14(22)16(24)18(19)26/h3-7,9-10,12-13H,1-2,8H2. The molecule has 3 unspecified atom stereocenters. The summed E-state index contributed by atoms with van der Waals surface area (Å²) in [7, 11) is 0. The van der Waals surface area contributed by atoms with Crippen LogP contribution >= 0.6 is 0 Å². The summed E-state index contributed by atoms with van der Waals surface area (Å²) < 4.78 is 77.4. The van der Waals surface area contributed by atoms with Crippen LogP contribution in [0.5, 0.6) is 11.5 Å². The average Bonchev–Trinajstić information content (AvgIpc) is 3.19. The zero-order valence-electron chi connectivity index (χ0n) is 15.3. The minimum absolute atomic E-state index is 0.155. The molecule has 2 radical (unpaired) electrons. The molecule has 0 aliphatic heterocycles. The van der Waals surface area contributed by atoms with Crippen molar-refractivity contribution in [2.24, 2.45) is 17.8 Å². The molecule has 0 bridgehead atoms. The fraction of sp³-hybridized carbons (Fsp3) is 0.238. The van der Waals surface area contributed by atoms with Gasteiger partial charge in [-0.05, 0) is 37.3 Å². The van der Waals surface area contributed by atoms with E-state index in [9.17, 15) is 31.5 Å². The first-order valence-electron chi connectivity index (χ1n) is 8.88. The molecule has 2 aromatic carbocycles. The van der Waals surface area contributed by atoms with E-state index in [1.807, 2.05) is 0 Å². The van der Waals surface area contributed by atoms with Crippen LogP contribution in [0.15, 0.2) is 30.3 Å². The lowest BCUT2D eigenvalue weighted by Gasteiger charge is -2.21. The highest BCUT2D eigenvalue weighted by Crippen LogP contribution is 2.41. The summed E-state index contributed by atoms with van der Waals surface area (Å²) >= 11 is 0. The molecule has 2 aromatic rings. The number of hydrogen-bond donors (Lipinski definition) is 0. The molecule has 1 aliphatic rings. The van der Waals surface area contributed by atoms with Crippen molar-refractivity contribution >= 4 is 11.9 Å². The van der Waals surface area contributed by atoms with Gasteiger partial charge in [0.25, 0.3) is 0 Å². The van der Waals surface area contributed by atoms with E-state index in [0.29, 0.717) is 0 Å². The van der Waals surface area contributed by atoms with E-state index in [2.05, 4.69) is 11.7 Å². The topological polar surface area (TPSA) is 52.6 Å². The van der Waals surface area contributed by atoms with E-state index in [1.54, 1.807) is 18.2 Å². The molecular formula is C21H15F5O4. The normalized spacial score (nSPS) is 20.8. The minimum Gasteiger partial charge on any atom is -0.426 e. The highest BCUT2D eigenvalue weighted by atomic mass is 19.2. The molecule has 0 N–H and O–H groups in total. The molecule has 0 spiro atoms. The van der Waals surface area contributed by atoms with E-state index in [1.165, 1.54) is 18.6 Å². The number of carbonyl (C=O) groups excluding carboxylic acids is 2. The molecule has 9 heteroatoms. The van der Waals surface area contributed by atoms with Crippen molar-refractivity contribution in [1.29, 1.82) is 0 Å². The van der Waals surface area contributed by atoms with Gasteiger partial charge in [0, 0.05) is 0 Å². The molecule has 0 heterocycles. The van der Waals surface area contributed by atoms with Crippen LogP contribution in [0.3, 0.4) is 0 Å². The van der Waals surface area contributed by atoms with Crippen LogP contribution in [-0.4, -0.2) is 11.9 Å². The van der Waals surface area contributed by atoms with Gasteiger partial charge >= 0.3 is 11.9 Å². The molecular weight excluding hydrogens is 411 g/mol. The predicted molar refractivity (Wildman–Crippen MR) is 93.3 cm³/mol. The number of halogens is 5. The number of para-hydroxylation sites is 1. The second-order valence-corrected chi connectivity index (χ2v) is 6.63. The molecule has 3 atom stereocenters. The third-order valence-electron chi connectivity index (χ3n) is 4.84. The van der Waals surface area contributed by atoms with Crippen molar-refractivity contribution in [3.63, 3.8) is 0 Å². The van der Waals surface area contributed by atoms with Gasteiger partial charge in [-0.3, -0.25) is 9.59 Å². The Hall–Kier alpha value is -2.97. The summed E-state index contributed by atoms with van der Waals surface area (Å²) in [6.45, 7) is 3.66. The van der Waals surface area contributed by atoms with Gasteiger partial charge in [-0.25, -0.2) is 13.2 Å². The number of carbonyl (C=O) groups is 2. The second-order valence-electron chi connectivity index (χ2n) is 6.63. The molecule has 1 fully saturated rings. The Morgan fingerprint density at radius 3 is 2.00 bits per heavy atom. The summed E-state index contributed by atoms with van der Waals surface area (Å²) in [5.41, 5.74) is 0. The third kappa shape index (κ3) is 4.01. The third-order valence-corrected chi connectivity index (χ3v) is 4.84. The van der Waals surface area contributed by atoms with Gasteiger partial charge in [0.1, 0.15) is 5.75 Å². The Kier molecular flexibility index (Phi) is 6.38.